The van der Waals surface area contributed by atoms with E-state index in [9.17, 15) is 4.79 Å². The van der Waals surface area contributed by atoms with Crippen LogP contribution < -0.4 is 4.90 Å². The third kappa shape index (κ3) is 2.50. The van der Waals surface area contributed by atoms with Gasteiger partial charge in [0.15, 0.2) is 0 Å². The minimum absolute atomic E-state index is 0.209. The quantitative estimate of drug-likeness (QED) is 0.889. The fourth-order valence-corrected chi connectivity index (χ4v) is 2.65. The van der Waals surface area contributed by atoms with Gasteiger partial charge in [0.1, 0.15) is 0 Å². The number of anilines is 1. The predicted octanol–water partition coefficient (Wildman–Crippen LogP) is 3.04. The predicted molar refractivity (Wildman–Crippen MR) is 73.3 cm³/mol. The second-order valence-corrected chi connectivity index (χ2v) is 5.43. The molecule has 0 aliphatic carbocycles. The molecule has 1 aromatic rings. The molecule has 0 saturated carbocycles. The van der Waals surface area contributed by atoms with Crippen molar-refractivity contribution in [3.63, 3.8) is 0 Å². The summed E-state index contributed by atoms with van der Waals surface area (Å²) in [6, 6.07) is 6.91. The fourth-order valence-electron chi connectivity index (χ4n) is 2.65. The molecule has 0 amide bonds. The molecule has 1 N–H and O–H groups in total. The van der Waals surface area contributed by atoms with Gasteiger partial charge >= 0.3 is 5.97 Å². The molecule has 3 nitrogen and oxygen atoms in total. The van der Waals surface area contributed by atoms with Crippen LogP contribution in [-0.4, -0.2) is 23.7 Å². The Morgan fingerprint density at radius 1 is 1.50 bits per heavy atom. The second-order valence-electron chi connectivity index (χ2n) is 5.43. The van der Waals surface area contributed by atoms with Crippen LogP contribution in [0.3, 0.4) is 0 Å². The molecule has 0 fully saturated rings. The Morgan fingerprint density at radius 3 is 2.83 bits per heavy atom. The third-order valence-electron chi connectivity index (χ3n) is 3.65. The highest BCUT2D eigenvalue weighted by Gasteiger charge is 2.27. The summed E-state index contributed by atoms with van der Waals surface area (Å²) in [4.78, 5) is 13.0. The molecule has 0 bridgehead atoms. The lowest BCUT2D eigenvalue weighted by Gasteiger charge is -2.24. The summed E-state index contributed by atoms with van der Waals surface area (Å²) < 4.78 is 0. The smallest absolute Gasteiger partial charge is 0.303 e. The van der Waals surface area contributed by atoms with Crippen LogP contribution in [0.5, 0.6) is 0 Å². The zero-order valence-electron chi connectivity index (χ0n) is 11.3. The normalized spacial score (nSPS) is 18.2. The van der Waals surface area contributed by atoms with Gasteiger partial charge in [0.05, 0.1) is 0 Å². The Labute approximate surface area is 108 Å². The Balaban J connectivity index is 2.22. The molecule has 0 radical (unpaired) electrons. The Kier molecular flexibility index (Phi) is 3.60. The molecule has 1 aromatic carbocycles. The van der Waals surface area contributed by atoms with E-state index in [1.165, 1.54) is 11.3 Å². The lowest BCUT2D eigenvalue weighted by atomic mass is 9.99. The van der Waals surface area contributed by atoms with Crippen LogP contribution in [0.4, 0.5) is 5.69 Å². The zero-order valence-corrected chi connectivity index (χ0v) is 11.3. The SMILES string of the molecule is CC1CN(C(C)C)c2ccc(CCC(=O)O)cc21. The van der Waals surface area contributed by atoms with E-state index in [1.54, 1.807) is 0 Å². The number of carbonyl (C=O) groups is 1. The first-order valence-electron chi connectivity index (χ1n) is 6.60. The number of aryl methyl sites for hydroxylation is 1. The highest BCUT2D eigenvalue weighted by molar-refractivity contribution is 5.67. The first-order valence-corrected chi connectivity index (χ1v) is 6.60. The Morgan fingerprint density at radius 2 is 2.22 bits per heavy atom. The number of fused-ring (bicyclic) bond motifs is 1. The van der Waals surface area contributed by atoms with E-state index in [2.05, 4.69) is 43.9 Å². The molecule has 98 valence electrons. The summed E-state index contributed by atoms with van der Waals surface area (Å²) in [6.45, 7) is 7.72. The van der Waals surface area contributed by atoms with Gasteiger partial charge < -0.3 is 10.0 Å². The average molecular weight is 247 g/mol. The molecule has 0 saturated heterocycles. The second kappa shape index (κ2) is 5.01. The molecule has 2 rings (SSSR count). The van der Waals surface area contributed by atoms with Crippen molar-refractivity contribution in [2.24, 2.45) is 0 Å². The number of benzene rings is 1. The van der Waals surface area contributed by atoms with E-state index < -0.39 is 5.97 Å². The van der Waals surface area contributed by atoms with Crippen LogP contribution in [0.25, 0.3) is 0 Å². The molecule has 3 heteroatoms. The van der Waals surface area contributed by atoms with Crippen LogP contribution >= 0.6 is 0 Å². The minimum Gasteiger partial charge on any atom is -0.481 e. The van der Waals surface area contributed by atoms with E-state index in [4.69, 9.17) is 5.11 Å². The summed E-state index contributed by atoms with van der Waals surface area (Å²) >= 11 is 0. The molecular weight excluding hydrogens is 226 g/mol. The number of hydrogen-bond donors (Lipinski definition) is 1. The molecule has 0 aromatic heterocycles. The molecule has 1 heterocycles. The third-order valence-corrected chi connectivity index (χ3v) is 3.65. The average Bonchev–Trinajstić information content (AvgIpc) is 2.64. The maximum absolute atomic E-state index is 10.6. The van der Waals surface area contributed by atoms with Gasteiger partial charge in [-0.15, -0.1) is 0 Å². The van der Waals surface area contributed by atoms with Crippen molar-refractivity contribution < 1.29 is 9.90 Å². The fraction of sp³-hybridized carbons (Fsp3) is 0.533. The largest absolute Gasteiger partial charge is 0.481 e. The standard InChI is InChI=1S/C15H21NO2/c1-10(2)16-9-11(3)13-8-12(4-6-14(13)16)5-7-15(17)18/h4,6,8,10-11H,5,7,9H2,1-3H3,(H,17,18). The molecule has 1 aliphatic heterocycles. The monoisotopic (exact) mass is 247 g/mol. The van der Waals surface area contributed by atoms with Crippen LogP contribution in [0.2, 0.25) is 0 Å². The van der Waals surface area contributed by atoms with Crippen LogP contribution in [0.15, 0.2) is 18.2 Å². The van der Waals surface area contributed by atoms with E-state index in [0.717, 1.165) is 12.1 Å². The molecule has 1 aliphatic rings. The topological polar surface area (TPSA) is 40.5 Å². The van der Waals surface area contributed by atoms with Gasteiger partial charge in [-0.25, -0.2) is 0 Å². The van der Waals surface area contributed by atoms with E-state index >= 15 is 0 Å². The van der Waals surface area contributed by atoms with Gasteiger partial charge in [0, 0.05) is 30.6 Å². The lowest BCUT2D eigenvalue weighted by molar-refractivity contribution is -0.136. The van der Waals surface area contributed by atoms with Crippen LogP contribution in [-0.2, 0) is 11.2 Å². The highest BCUT2D eigenvalue weighted by atomic mass is 16.4. The molecule has 0 spiro atoms. The number of rotatable bonds is 4. The molecule has 18 heavy (non-hydrogen) atoms. The maximum atomic E-state index is 10.6. The van der Waals surface area contributed by atoms with Gasteiger partial charge in [0.25, 0.3) is 0 Å². The highest BCUT2D eigenvalue weighted by Crippen LogP contribution is 2.37. The van der Waals surface area contributed by atoms with Gasteiger partial charge in [-0.05, 0) is 37.5 Å². The van der Waals surface area contributed by atoms with Gasteiger partial charge in [-0.2, -0.15) is 0 Å². The summed E-state index contributed by atoms with van der Waals surface area (Å²) in [5, 5.41) is 8.73. The van der Waals surface area contributed by atoms with Crippen molar-refractivity contribution in [2.45, 2.75) is 45.6 Å². The first-order chi connectivity index (χ1) is 8.49. The first kappa shape index (κ1) is 12.9. The molecule has 1 atom stereocenters. The van der Waals surface area contributed by atoms with Crippen molar-refractivity contribution in [3.05, 3.63) is 29.3 Å². The maximum Gasteiger partial charge on any atom is 0.303 e. The Bertz CT molecular complexity index is 454. The van der Waals surface area contributed by atoms with Crippen molar-refractivity contribution in [1.29, 1.82) is 0 Å². The van der Waals surface area contributed by atoms with Crippen LogP contribution in [0.1, 0.15) is 44.2 Å². The number of carboxylic acid groups (broad SMARTS) is 1. The number of hydrogen-bond acceptors (Lipinski definition) is 2. The summed E-state index contributed by atoms with van der Waals surface area (Å²) in [5.74, 6) is -0.195. The van der Waals surface area contributed by atoms with Gasteiger partial charge in [-0.3, -0.25) is 4.79 Å². The van der Waals surface area contributed by atoms with E-state index in [0.29, 0.717) is 18.4 Å². The zero-order chi connectivity index (χ0) is 13.3. The number of carboxylic acids is 1. The van der Waals surface area contributed by atoms with Gasteiger partial charge in [0.2, 0.25) is 0 Å². The summed E-state index contributed by atoms with van der Waals surface area (Å²) in [7, 11) is 0. The number of aliphatic carboxylic acids is 1. The summed E-state index contributed by atoms with van der Waals surface area (Å²) in [5.41, 5.74) is 3.82. The lowest BCUT2D eigenvalue weighted by Crippen LogP contribution is -2.28. The van der Waals surface area contributed by atoms with Crippen molar-refractivity contribution in [3.8, 4) is 0 Å². The van der Waals surface area contributed by atoms with Crippen molar-refractivity contribution >= 4 is 11.7 Å². The minimum atomic E-state index is -0.729. The number of nitrogens with zero attached hydrogens (tertiary/aromatic N) is 1. The van der Waals surface area contributed by atoms with E-state index in [-0.39, 0.29) is 6.42 Å². The summed E-state index contributed by atoms with van der Waals surface area (Å²) in [6.07, 6.45) is 0.831. The van der Waals surface area contributed by atoms with Crippen LogP contribution in [0, 0.1) is 0 Å². The van der Waals surface area contributed by atoms with Gasteiger partial charge in [-0.1, -0.05) is 19.1 Å². The van der Waals surface area contributed by atoms with Crippen molar-refractivity contribution in [1.82, 2.24) is 0 Å². The molecular formula is C15H21NO2. The van der Waals surface area contributed by atoms with E-state index in [1.807, 2.05) is 0 Å². The molecule has 1 unspecified atom stereocenters. The van der Waals surface area contributed by atoms with Crippen molar-refractivity contribution in [2.75, 3.05) is 11.4 Å². The Hall–Kier alpha value is -1.51.